The zero-order chi connectivity index (χ0) is 25.5. The van der Waals surface area contributed by atoms with Crippen molar-refractivity contribution in [3.8, 4) is 11.1 Å². The van der Waals surface area contributed by atoms with E-state index in [1.165, 1.54) is 4.90 Å². The number of carbonyl (C=O) groups is 3. The molecule has 36 heavy (non-hydrogen) atoms. The van der Waals surface area contributed by atoms with E-state index in [0.717, 1.165) is 27.8 Å². The molecule has 8 heteroatoms. The van der Waals surface area contributed by atoms with Crippen LogP contribution in [0.2, 0.25) is 0 Å². The number of carbonyl (C=O) groups excluding carboxylic acids is 3. The molecular formula is C28H27BrN2O5. The Bertz CT molecular complexity index is 1190. The largest absolute Gasteiger partial charge is 0.463 e. The van der Waals surface area contributed by atoms with E-state index >= 15 is 0 Å². The highest BCUT2D eigenvalue weighted by Crippen LogP contribution is 2.44. The lowest BCUT2D eigenvalue weighted by molar-refractivity contribution is -0.152. The Morgan fingerprint density at radius 1 is 0.861 bits per heavy atom. The maximum atomic E-state index is 12.8. The predicted molar refractivity (Wildman–Crippen MR) is 139 cm³/mol. The van der Waals surface area contributed by atoms with Gasteiger partial charge in [-0.25, -0.2) is 0 Å². The van der Waals surface area contributed by atoms with Gasteiger partial charge in [-0.15, -0.1) is 0 Å². The number of fused-ring (bicyclic) bond motifs is 3. The van der Waals surface area contributed by atoms with Gasteiger partial charge in [0.05, 0.1) is 5.33 Å². The van der Waals surface area contributed by atoms with Gasteiger partial charge in [-0.1, -0.05) is 94.8 Å². The third-order valence-corrected chi connectivity index (χ3v) is 6.58. The van der Waals surface area contributed by atoms with Gasteiger partial charge in [-0.2, -0.15) is 0 Å². The number of hydrogen-bond donors (Lipinski definition) is 1. The van der Waals surface area contributed by atoms with E-state index in [1.807, 2.05) is 66.7 Å². The molecule has 7 nitrogen and oxygen atoms in total. The minimum atomic E-state index is -1.11. The first-order valence-corrected chi connectivity index (χ1v) is 12.7. The fraction of sp³-hybridized carbons (Fsp3) is 0.250. The van der Waals surface area contributed by atoms with Crippen molar-refractivity contribution in [3.05, 3.63) is 95.6 Å². The summed E-state index contributed by atoms with van der Waals surface area (Å²) in [5, 5.41) is -0.0175. The van der Waals surface area contributed by atoms with Crippen LogP contribution in [-0.2, 0) is 30.5 Å². The van der Waals surface area contributed by atoms with Crippen LogP contribution in [0.15, 0.2) is 78.9 Å². The topological polar surface area (TPSA) is 98.9 Å². The van der Waals surface area contributed by atoms with Crippen molar-refractivity contribution >= 4 is 33.8 Å². The molecular weight excluding hydrogens is 524 g/mol. The van der Waals surface area contributed by atoms with Crippen LogP contribution >= 0.6 is 15.9 Å². The van der Waals surface area contributed by atoms with Gasteiger partial charge in [0.25, 0.3) is 0 Å². The molecule has 1 aliphatic rings. The Kier molecular flexibility index (Phi) is 8.51. The molecule has 0 bridgehead atoms. The van der Waals surface area contributed by atoms with E-state index in [2.05, 4.69) is 28.1 Å². The van der Waals surface area contributed by atoms with Crippen LogP contribution in [0, 0.1) is 0 Å². The van der Waals surface area contributed by atoms with Gasteiger partial charge in [0.15, 0.2) is 0 Å². The molecule has 0 aromatic heterocycles. The van der Waals surface area contributed by atoms with E-state index in [4.69, 9.17) is 15.2 Å². The fourth-order valence-electron chi connectivity index (χ4n) is 4.30. The quantitative estimate of drug-likeness (QED) is 0.305. The number of rotatable bonds is 10. The van der Waals surface area contributed by atoms with E-state index in [0.29, 0.717) is 0 Å². The van der Waals surface area contributed by atoms with Crippen molar-refractivity contribution in [2.45, 2.75) is 18.6 Å². The molecule has 0 saturated heterocycles. The van der Waals surface area contributed by atoms with E-state index in [9.17, 15) is 14.4 Å². The second-order valence-electron chi connectivity index (χ2n) is 8.52. The van der Waals surface area contributed by atoms with Gasteiger partial charge in [0.2, 0.25) is 5.91 Å². The third-order valence-electron chi connectivity index (χ3n) is 6.10. The first-order valence-electron chi connectivity index (χ1n) is 11.6. The number of halogens is 1. The van der Waals surface area contributed by atoms with E-state index in [-0.39, 0.29) is 43.5 Å². The lowest BCUT2D eigenvalue weighted by Gasteiger charge is -2.24. The molecule has 1 amide bonds. The van der Waals surface area contributed by atoms with Crippen LogP contribution in [0.4, 0.5) is 0 Å². The minimum absolute atomic E-state index is 0.0175. The molecule has 1 atom stereocenters. The van der Waals surface area contributed by atoms with Crippen molar-refractivity contribution in [2.75, 3.05) is 25.0 Å². The van der Waals surface area contributed by atoms with Crippen LogP contribution in [0.1, 0.15) is 22.6 Å². The maximum absolute atomic E-state index is 12.8. The van der Waals surface area contributed by atoms with Gasteiger partial charge < -0.3 is 20.1 Å². The van der Waals surface area contributed by atoms with Crippen LogP contribution in [0.5, 0.6) is 0 Å². The summed E-state index contributed by atoms with van der Waals surface area (Å²) in [6, 6.07) is 24.2. The standard InChI is InChI=1S/C28H27BrN2O5/c29-14-26(32)31(16-27(33)35-17-19-8-2-1-3-9-19)15-25(30)28(34)36-18-24-22-12-6-4-10-20(22)21-11-5-7-13-23(21)24/h1-13,24-25H,14-18,30H2. The summed E-state index contributed by atoms with van der Waals surface area (Å²) in [5.74, 6) is -1.70. The average molecular weight is 551 g/mol. The molecule has 3 aromatic rings. The molecule has 4 rings (SSSR count). The molecule has 0 saturated carbocycles. The summed E-state index contributed by atoms with van der Waals surface area (Å²) in [6.45, 7) is -0.260. The summed E-state index contributed by atoms with van der Waals surface area (Å²) in [5.41, 5.74) is 11.4. The molecule has 0 spiro atoms. The summed E-state index contributed by atoms with van der Waals surface area (Å²) in [6.07, 6.45) is 0. The van der Waals surface area contributed by atoms with E-state index < -0.39 is 18.0 Å². The molecule has 0 fully saturated rings. The predicted octanol–water partition coefficient (Wildman–Crippen LogP) is 3.64. The molecule has 186 valence electrons. The van der Waals surface area contributed by atoms with Crippen LogP contribution in [0.3, 0.4) is 0 Å². The molecule has 3 aromatic carbocycles. The average Bonchev–Trinajstić information content (AvgIpc) is 3.23. The number of alkyl halides is 1. The van der Waals surface area contributed by atoms with Crippen molar-refractivity contribution in [3.63, 3.8) is 0 Å². The van der Waals surface area contributed by atoms with Gasteiger partial charge in [0.1, 0.15) is 25.8 Å². The van der Waals surface area contributed by atoms with Crippen LogP contribution < -0.4 is 5.73 Å². The van der Waals surface area contributed by atoms with E-state index in [1.54, 1.807) is 0 Å². The highest BCUT2D eigenvalue weighted by atomic mass is 79.9. The lowest BCUT2D eigenvalue weighted by atomic mass is 9.98. The Balaban J connectivity index is 1.34. The number of esters is 2. The summed E-state index contributed by atoms with van der Waals surface area (Å²) >= 11 is 3.11. The zero-order valence-corrected chi connectivity index (χ0v) is 21.2. The number of ether oxygens (including phenoxy) is 2. The molecule has 0 aliphatic heterocycles. The van der Waals surface area contributed by atoms with Gasteiger partial charge in [-0.05, 0) is 27.8 Å². The van der Waals surface area contributed by atoms with Gasteiger partial charge in [-0.3, -0.25) is 14.4 Å². The van der Waals surface area contributed by atoms with Crippen molar-refractivity contribution in [1.29, 1.82) is 0 Å². The molecule has 2 N–H and O–H groups in total. The normalized spacial score (nSPS) is 12.8. The zero-order valence-electron chi connectivity index (χ0n) is 19.6. The SMILES string of the molecule is NC(CN(CC(=O)OCc1ccccc1)C(=O)CBr)C(=O)OCC1c2ccccc2-c2ccccc21. The second kappa shape index (κ2) is 12.0. The van der Waals surface area contributed by atoms with Gasteiger partial charge in [0, 0.05) is 12.5 Å². The minimum Gasteiger partial charge on any atom is -0.463 e. The van der Waals surface area contributed by atoms with Crippen molar-refractivity contribution in [2.24, 2.45) is 5.73 Å². The van der Waals surface area contributed by atoms with Gasteiger partial charge >= 0.3 is 11.9 Å². The fourth-order valence-corrected chi connectivity index (χ4v) is 4.66. The maximum Gasteiger partial charge on any atom is 0.325 e. The number of benzene rings is 3. The van der Waals surface area contributed by atoms with Crippen molar-refractivity contribution < 1.29 is 23.9 Å². The van der Waals surface area contributed by atoms with Crippen molar-refractivity contribution in [1.82, 2.24) is 4.90 Å². The third kappa shape index (κ3) is 6.01. The molecule has 0 radical (unpaired) electrons. The number of nitrogens with zero attached hydrogens (tertiary/aromatic N) is 1. The summed E-state index contributed by atoms with van der Waals surface area (Å²) in [7, 11) is 0. The summed E-state index contributed by atoms with van der Waals surface area (Å²) in [4.78, 5) is 38.7. The molecule has 1 unspecified atom stereocenters. The first-order chi connectivity index (χ1) is 17.5. The highest BCUT2D eigenvalue weighted by molar-refractivity contribution is 9.09. The number of amides is 1. The first kappa shape index (κ1) is 25.6. The number of nitrogens with two attached hydrogens (primary N) is 1. The second-order valence-corrected chi connectivity index (χ2v) is 9.08. The lowest BCUT2D eigenvalue weighted by Crippen LogP contribution is -2.48. The molecule has 0 heterocycles. The Labute approximate surface area is 218 Å². The monoisotopic (exact) mass is 550 g/mol. The highest BCUT2D eigenvalue weighted by Gasteiger charge is 2.30. The summed E-state index contributed by atoms with van der Waals surface area (Å²) < 4.78 is 10.9. The Morgan fingerprint density at radius 2 is 1.44 bits per heavy atom. The van der Waals surface area contributed by atoms with Crippen LogP contribution in [-0.4, -0.2) is 53.8 Å². The molecule has 1 aliphatic carbocycles. The Hall–Kier alpha value is -3.49. The Morgan fingerprint density at radius 3 is 2.06 bits per heavy atom. The number of hydrogen-bond acceptors (Lipinski definition) is 6. The smallest absolute Gasteiger partial charge is 0.325 e. The van der Waals surface area contributed by atoms with Crippen LogP contribution in [0.25, 0.3) is 11.1 Å².